The maximum Gasteiger partial charge on any atom is 0.308 e. The van der Waals surface area contributed by atoms with Crippen molar-refractivity contribution >= 4 is 72.1 Å². The molecule has 4 rings (SSSR count). The Labute approximate surface area is 216 Å². The van der Waals surface area contributed by atoms with Crippen LogP contribution in [-0.2, 0) is 21.4 Å². The molecule has 11 heteroatoms. The van der Waals surface area contributed by atoms with Crippen molar-refractivity contribution in [2.45, 2.75) is 25.3 Å². The number of hydrogen-bond acceptors (Lipinski definition) is 5. The first-order chi connectivity index (χ1) is 16.6. The smallest absolute Gasteiger partial charge is 0.308 e. The third-order valence-electron chi connectivity index (χ3n) is 5.36. The molecule has 0 fully saturated rings. The van der Waals surface area contributed by atoms with E-state index in [1.165, 1.54) is 30.3 Å². The van der Waals surface area contributed by atoms with Crippen LogP contribution in [0.25, 0.3) is 10.2 Å². The Hall–Kier alpha value is -2.85. The molecule has 1 heterocycles. The number of thiazole rings is 1. The first-order valence-electron chi connectivity index (χ1n) is 10.6. The molecule has 3 aromatic carbocycles. The van der Waals surface area contributed by atoms with Crippen molar-refractivity contribution in [2.24, 2.45) is 0 Å². The van der Waals surface area contributed by atoms with Gasteiger partial charge in [-0.1, -0.05) is 52.2 Å². The maximum absolute atomic E-state index is 13.5. The minimum Gasteiger partial charge on any atom is -0.324 e. The molecule has 0 aliphatic rings. The first kappa shape index (κ1) is 25.2. The second-order valence-corrected chi connectivity index (χ2v) is 11.4. The van der Waals surface area contributed by atoms with Gasteiger partial charge in [-0.05, 0) is 62.4 Å². The number of nitrogens with zero attached hydrogens (tertiary/aromatic N) is 2. The lowest BCUT2D eigenvalue weighted by atomic mass is 10.2. The van der Waals surface area contributed by atoms with Gasteiger partial charge in [-0.25, -0.2) is 8.42 Å². The topological polar surface area (TPSA) is 88.5 Å². The first-order valence-corrected chi connectivity index (χ1v) is 13.6. The summed E-state index contributed by atoms with van der Waals surface area (Å²) in [4.78, 5) is 25.1. The van der Waals surface area contributed by atoms with E-state index >= 15 is 0 Å². The molecule has 0 unspecified atom stereocenters. The van der Waals surface area contributed by atoms with Crippen molar-refractivity contribution in [1.29, 1.82) is 0 Å². The monoisotopic (exact) mass is 549 g/mol. The van der Waals surface area contributed by atoms with Crippen molar-refractivity contribution in [1.82, 2.24) is 4.57 Å². The molecule has 0 radical (unpaired) electrons. The van der Waals surface area contributed by atoms with Gasteiger partial charge < -0.3 is 5.32 Å². The van der Waals surface area contributed by atoms with E-state index in [0.717, 1.165) is 31.4 Å². The number of carbonyl (C=O) groups excluding carboxylic acids is 1. The SMILES string of the molecule is CCn1c(=O)sc2cc(NC(=O)CN(c3ccc(Cl)c(Cl)c3)S(=O)(=O)c3ccc(C)cc3)ccc21. The molecule has 35 heavy (non-hydrogen) atoms. The van der Waals surface area contributed by atoms with Gasteiger partial charge in [0.2, 0.25) is 5.91 Å². The van der Waals surface area contributed by atoms with Gasteiger partial charge in [0.1, 0.15) is 6.54 Å². The molecule has 7 nitrogen and oxygen atoms in total. The molecule has 1 aromatic heterocycles. The van der Waals surface area contributed by atoms with Gasteiger partial charge in [-0.3, -0.25) is 18.5 Å². The van der Waals surface area contributed by atoms with E-state index in [9.17, 15) is 18.0 Å². The van der Waals surface area contributed by atoms with E-state index in [1.54, 1.807) is 34.9 Å². The minimum atomic E-state index is -4.10. The number of fused-ring (bicyclic) bond motifs is 1. The maximum atomic E-state index is 13.5. The van der Waals surface area contributed by atoms with Gasteiger partial charge in [0.05, 0.1) is 30.8 Å². The number of nitrogens with one attached hydrogen (secondary N) is 1. The highest BCUT2D eigenvalue weighted by atomic mass is 35.5. The molecule has 0 aliphatic carbocycles. The molecule has 0 aliphatic heterocycles. The number of benzene rings is 3. The fourth-order valence-corrected chi connectivity index (χ4v) is 6.27. The quantitative estimate of drug-likeness (QED) is 0.328. The third kappa shape index (κ3) is 5.23. The van der Waals surface area contributed by atoms with Crippen LogP contribution in [-0.4, -0.2) is 25.4 Å². The van der Waals surface area contributed by atoms with E-state index in [2.05, 4.69) is 5.32 Å². The molecule has 182 valence electrons. The number of aromatic nitrogens is 1. The second kappa shape index (κ2) is 10.0. The summed E-state index contributed by atoms with van der Waals surface area (Å²) in [5.74, 6) is -0.562. The molecule has 0 spiro atoms. The summed E-state index contributed by atoms with van der Waals surface area (Å²) < 4.78 is 30.4. The fourth-order valence-electron chi connectivity index (χ4n) is 3.57. The van der Waals surface area contributed by atoms with Crippen LogP contribution >= 0.6 is 34.5 Å². The Morgan fingerprint density at radius 1 is 1.03 bits per heavy atom. The highest BCUT2D eigenvalue weighted by Crippen LogP contribution is 2.31. The van der Waals surface area contributed by atoms with Crippen molar-refractivity contribution in [2.75, 3.05) is 16.2 Å². The molecule has 4 aromatic rings. The molecule has 0 saturated heterocycles. The average molecular weight is 550 g/mol. The summed E-state index contributed by atoms with van der Waals surface area (Å²) in [6.07, 6.45) is 0. The lowest BCUT2D eigenvalue weighted by Gasteiger charge is -2.24. The number of aryl methyl sites for hydroxylation is 2. The highest BCUT2D eigenvalue weighted by Gasteiger charge is 2.28. The van der Waals surface area contributed by atoms with Gasteiger partial charge in [0.25, 0.3) is 10.0 Å². The van der Waals surface area contributed by atoms with Crippen LogP contribution in [0, 0.1) is 6.92 Å². The summed E-state index contributed by atoms with van der Waals surface area (Å²) in [5, 5.41) is 3.16. The van der Waals surface area contributed by atoms with Crippen LogP contribution in [0.15, 0.2) is 70.4 Å². The van der Waals surface area contributed by atoms with Crippen molar-refractivity contribution < 1.29 is 13.2 Å². The number of amides is 1. The Bertz CT molecular complexity index is 1580. The van der Waals surface area contributed by atoms with Crippen LogP contribution < -0.4 is 14.5 Å². The Morgan fingerprint density at radius 2 is 1.74 bits per heavy atom. The van der Waals surface area contributed by atoms with Gasteiger partial charge >= 0.3 is 4.87 Å². The summed E-state index contributed by atoms with van der Waals surface area (Å²) >= 11 is 13.2. The summed E-state index contributed by atoms with van der Waals surface area (Å²) in [7, 11) is -4.10. The predicted octanol–water partition coefficient (Wildman–Crippen LogP) is 5.53. The number of sulfonamides is 1. The van der Waals surface area contributed by atoms with Gasteiger partial charge in [-0.15, -0.1) is 0 Å². The Kier molecular flexibility index (Phi) is 7.23. The van der Waals surface area contributed by atoms with Crippen molar-refractivity contribution in [3.63, 3.8) is 0 Å². The third-order valence-corrected chi connectivity index (χ3v) is 8.82. The normalized spacial score (nSPS) is 11.5. The second-order valence-electron chi connectivity index (χ2n) is 7.77. The van der Waals surface area contributed by atoms with Crippen LogP contribution in [0.3, 0.4) is 0 Å². The van der Waals surface area contributed by atoms with Crippen molar-refractivity contribution in [3.05, 3.63) is 85.9 Å². The van der Waals surface area contributed by atoms with E-state index < -0.39 is 22.5 Å². The van der Waals surface area contributed by atoms with Crippen LogP contribution in [0.2, 0.25) is 10.0 Å². The van der Waals surface area contributed by atoms with Crippen LogP contribution in [0.5, 0.6) is 0 Å². The zero-order valence-electron chi connectivity index (χ0n) is 18.8. The number of halogens is 2. The average Bonchev–Trinajstić information content (AvgIpc) is 3.13. The summed E-state index contributed by atoms with van der Waals surface area (Å²) in [5.41, 5.74) is 2.33. The lowest BCUT2D eigenvalue weighted by molar-refractivity contribution is -0.114. The number of hydrogen-bond donors (Lipinski definition) is 1. The summed E-state index contributed by atoms with van der Waals surface area (Å²) in [6.45, 7) is 3.77. The van der Waals surface area contributed by atoms with E-state index in [-0.39, 0.29) is 25.5 Å². The molecular formula is C24H21Cl2N3O4S2. The van der Waals surface area contributed by atoms with Crippen LogP contribution in [0.1, 0.15) is 12.5 Å². The lowest BCUT2D eigenvalue weighted by Crippen LogP contribution is -2.38. The van der Waals surface area contributed by atoms with E-state index in [4.69, 9.17) is 23.2 Å². The zero-order chi connectivity index (χ0) is 25.3. The largest absolute Gasteiger partial charge is 0.324 e. The van der Waals surface area contributed by atoms with Gasteiger partial charge in [0.15, 0.2) is 0 Å². The minimum absolute atomic E-state index is 0.0362. The Morgan fingerprint density at radius 3 is 2.40 bits per heavy atom. The summed E-state index contributed by atoms with van der Waals surface area (Å²) in [6, 6.07) is 15.8. The molecular weight excluding hydrogens is 529 g/mol. The van der Waals surface area contributed by atoms with Crippen molar-refractivity contribution in [3.8, 4) is 0 Å². The van der Waals surface area contributed by atoms with Gasteiger partial charge in [0, 0.05) is 12.2 Å². The number of rotatable bonds is 7. The predicted molar refractivity (Wildman–Crippen MR) is 143 cm³/mol. The number of anilines is 2. The molecule has 0 bridgehead atoms. The highest BCUT2D eigenvalue weighted by molar-refractivity contribution is 7.92. The number of carbonyl (C=O) groups is 1. The van der Waals surface area contributed by atoms with Crippen LogP contribution in [0.4, 0.5) is 11.4 Å². The zero-order valence-corrected chi connectivity index (χ0v) is 21.9. The van der Waals surface area contributed by atoms with E-state index in [1.807, 2.05) is 13.8 Å². The standard InChI is InChI=1S/C24H21Cl2N3O4S2/c1-3-28-21-11-6-16(12-22(21)34-24(28)31)27-23(30)14-29(17-7-10-19(25)20(26)13-17)35(32,33)18-8-4-15(2)5-9-18/h4-13H,3,14H2,1-2H3,(H,27,30). The molecule has 0 saturated carbocycles. The molecule has 1 amide bonds. The van der Waals surface area contributed by atoms with E-state index in [0.29, 0.717) is 12.2 Å². The Balaban J connectivity index is 1.66. The molecule has 0 atom stereocenters. The fraction of sp³-hybridized carbons (Fsp3) is 0.167. The van der Waals surface area contributed by atoms with Gasteiger partial charge in [-0.2, -0.15) is 0 Å². The molecule has 1 N–H and O–H groups in total.